The molecule has 4 heteroatoms. The molecule has 0 aromatic rings. The van der Waals surface area contributed by atoms with Crippen molar-refractivity contribution in [3.8, 4) is 0 Å². The largest absolute Gasteiger partial charge is 0.463 e. The predicted molar refractivity (Wildman–Crippen MR) is 49.5 cm³/mol. The minimum atomic E-state index is -0.577. The number of alkyl halides is 1. The molecule has 1 saturated heterocycles. The third kappa shape index (κ3) is 1.90. The van der Waals surface area contributed by atoms with Gasteiger partial charge < -0.3 is 10.1 Å². The fraction of sp³-hybridized carbons (Fsp3) is 0.900. The van der Waals surface area contributed by atoms with Crippen molar-refractivity contribution < 1.29 is 13.9 Å². The molecule has 1 heterocycles. The second-order valence-electron chi connectivity index (χ2n) is 4.20. The molecule has 2 aliphatic rings. The zero-order valence-electron chi connectivity index (χ0n) is 8.17. The van der Waals surface area contributed by atoms with Gasteiger partial charge in [0.1, 0.15) is 13.3 Å². The molecule has 0 radical (unpaired) electrons. The summed E-state index contributed by atoms with van der Waals surface area (Å²) in [4.78, 5) is 11.4. The minimum absolute atomic E-state index is 0.0265. The van der Waals surface area contributed by atoms with Crippen molar-refractivity contribution in [3.05, 3.63) is 0 Å². The van der Waals surface area contributed by atoms with Crippen LogP contribution in [0.5, 0.6) is 0 Å². The number of carbonyl (C=O) groups excluding carboxylic acids is 1. The van der Waals surface area contributed by atoms with Crippen LogP contribution in [0, 0.1) is 17.8 Å². The zero-order chi connectivity index (χ0) is 9.97. The molecule has 1 saturated carbocycles. The maximum absolute atomic E-state index is 11.8. The lowest BCUT2D eigenvalue weighted by Crippen LogP contribution is -2.20. The van der Waals surface area contributed by atoms with E-state index < -0.39 is 6.67 Å². The Labute approximate surface area is 83.0 Å². The summed E-state index contributed by atoms with van der Waals surface area (Å²) in [6, 6.07) is 0. The third-order valence-corrected chi connectivity index (χ3v) is 3.31. The number of hydrogen-bond acceptors (Lipinski definition) is 3. The van der Waals surface area contributed by atoms with E-state index in [0.29, 0.717) is 11.8 Å². The van der Waals surface area contributed by atoms with Crippen molar-refractivity contribution in [2.45, 2.75) is 12.8 Å². The van der Waals surface area contributed by atoms with Gasteiger partial charge in [-0.1, -0.05) is 0 Å². The van der Waals surface area contributed by atoms with Crippen molar-refractivity contribution in [1.82, 2.24) is 5.32 Å². The van der Waals surface area contributed by atoms with Gasteiger partial charge in [-0.05, 0) is 37.8 Å². The SMILES string of the molecule is O=C(OCCF)C1CC2CNCC2C1. The molecule has 2 rings (SSSR count). The maximum Gasteiger partial charge on any atom is 0.309 e. The Balaban J connectivity index is 1.80. The van der Waals surface area contributed by atoms with Crippen molar-refractivity contribution in [2.75, 3.05) is 26.4 Å². The fourth-order valence-electron chi connectivity index (χ4n) is 2.62. The summed E-state index contributed by atoms with van der Waals surface area (Å²) < 4.78 is 16.6. The van der Waals surface area contributed by atoms with E-state index in [0.717, 1.165) is 25.9 Å². The molecule has 0 spiro atoms. The van der Waals surface area contributed by atoms with Gasteiger partial charge in [0, 0.05) is 0 Å². The van der Waals surface area contributed by atoms with Crippen LogP contribution in [0.15, 0.2) is 0 Å². The van der Waals surface area contributed by atoms with Crippen LogP contribution in [0.4, 0.5) is 4.39 Å². The van der Waals surface area contributed by atoms with Crippen molar-refractivity contribution >= 4 is 5.97 Å². The lowest BCUT2D eigenvalue weighted by molar-refractivity contribution is -0.148. The molecule has 2 fully saturated rings. The Hall–Kier alpha value is -0.640. The summed E-state index contributed by atoms with van der Waals surface area (Å²) in [6.07, 6.45) is 1.84. The minimum Gasteiger partial charge on any atom is -0.463 e. The second-order valence-corrected chi connectivity index (χ2v) is 4.20. The van der Waals surface area contributed by atoms with Crippen molar-refractivity contribution in [1.29, 1.82) is 0 Å². The van der Waals surface area contributed by atoms with E-state index in [2.05, 4.69) is 5.32 Å². The van der Waals surface area contributed by atoms with Crippen LogP contribution in [0.2, 0.25) is 0 Å². The Kier molecular flexibility index (Phi) is 3.01. The van der Waals surface area contributed by atoms with E-state index in [1.165, 1.54) is 0 Å². The van der Waals surface area contributed by atoms with E-state index in [-0.39, 0.29) is 18.5 Å². The molecule has 2 atom stereocenters. The van der Waals surface area contributed by atoms with E-state index in [4.69, 9.17) is 4.74 Å². The number of esters is 1. The molecular weight excluding hydrogens is 185 g/mol. The van der Waals surface area contributed by atoms with Gasteiger partial charge >= 0.3 is 5.97 Å². The number of ether oxygens (including phenoxy) is 1. The van der Waals surface area contributed by atoms with Gasteiger partial charge in [-0.25, -0.2) is 4.39 Å². The molecule has 0 aromatic heterocycles. The van der Waals surface area contributed by atoms with Crippen molar-refractivity contribution in [2.24, 2.45) is 17.8 Å². The highest BCUT2D eigenvalue weighted by molar-refractivity contribution is 5.72. The summed E-state index contributed by atoms with van der Waals surface area (Å²) in [5.41, 5.74) is 0. The molecule has 2 unspecified atom stereocenters. The number of halogens is 1. The monoisotopic (exact) mass is 201 g/mol. The molecular formula is C10H16FNO2. The van der Waals surface area contributed by atoms with Crippen molar-refractivity contribution in [3.63, 3.8) is 0 Å². The van der Waals surface area contributed by atoms with Crippen LogP contribution >= 0.6 is 0 Å². The highest BCUT2D eigenvalue weighted by Crippen LogP contribution is 2.38. The number of carbonyl (C=O) groups is 1. The Bertz CT molecular complexity index is 210. The zero-order valence-corrected chi connectivity index (χ0v) is 8.17. The van der Waals surface area contributed by atoms with Gasteiger partial charge in [0.05, 0.1) is 5.92 Å². The van der Waals surface area contributed by atoms with E-state index in [9.17, 15) is 9.18 Å². The van der Waals surface area contributed by atoms with E-state index in [1.807, 2.05) is 0 Å². The topological polar surface area (TPSA) is 38.3 Å². The highest BCUT2D eigenvalue weighted by Gasteiger charge is 2.40. The first kappa shape index (κ1) is 9.90. The van der Waals surface area contributed by atoms with Gasteiger partial charge in [-0.15, -0.1) is 0 Å². The van der Waals surface area contributed by atoms with Crippen LogP contribution in [-0.4, -0.2) is 32.3 Å². The molecule has 0 bridgehead atoms. The Morgan fingerprint density at radius 2 is 2.00 bits per heavy atom. The van der Waals surface area contributed by atoms with E-state index in [1.54, 1.807) is 0 Å². The third-order valence-electron chi connectivity index (χ3n) is 3.31. The highest BCUT2D eigenvalue weighted by atomic mass is 19.1. The number of rotatable bonds is 3. The van der Waals surface area contributed by atoms with Gasteiger partial charge in [0.2, 0.25) is 0 Å². The fourth-order valence-corrected chi connectivity index (χ4v) is 2.62. The Morgan fingerprint density at radius 3 is 2.57 bits per heavy atom. The number of fused-ring (bicyclic) bond motifs is 1. The number of hydrogen-bond donors (Lipinski definition) is 1. The molecule has 80 valence electrons. The van der Waals surface area contributed by atoms with Gasteiger partial charge in [0.25, 0.3) is 0 Å². The van der Waals surface area contributed by atoms with Gasteiger partial charge in [0.15, 0.2) is 0 Å². The summed E-state index contributed by atoms with van der Waals surface area (Å²) in [7, 11) is 0. The summed E-state index contributed by atoms with van der Waals surface area (Å²) >= 11 is 0. The second kappa shape index (κ2) is 4.26. The van der Waals surface area contributed by atoms with Gasteiger partial charge in [-0.3, -0.25) is 4.79 Å². The first-order valence-corrected chi connectivity index (χ1v) is 5.24. The first-order chi connectivity index (χ1) is 6.81. The standard InChI is InChI=1S/C10H16FNO2/c11-1-2-14-10(13)7-3-8-5-12-6-9(8)4-7/h7-9,12H,1-6H2. The molecule has 1 aliphatic heterocycles. The summed E-state index contributed by atoms with van der Waals surface area (Å²) in [5.74, 6) is 1.10. The average Bonchev–Trinajstić information content (AvgIpc) is 2.72. The Morgan fingerprint density at radius 1 is 1.36 bits per heavy atom. The van der Waals surface area contributed by atoms with Crippen LogP contribution in [-0.2, 0) is 9.53 Å². The van der Waals surface area contributed by atoms with Crippen LogP contribution in [0.25, 0.3) is 0 Å². The normalized spacial score (nSPS) is 35.6. The molecule has 3 nitrogen and oxygen atoms in total. The lowest BCUT2D eigenvalue weighted by Gasteiger charge is -2.09. The number of nitrogens with one attached hydrogen (secondary N) is 1. The van der Waals surface area contributed by atoms with E-state index >= 15 is 0 Å². The average molecular weight is 201 g/mol. The van der Waals surface area contributed by atoms with Crippen LogP contribution < -0.4 is 5.32 Å². The quantitative estimate of drug-likeness (QED) is 0.685. The lowest BCUT2D eigenvalue weighted by atomic mass is 10.0. The molecule has 0 amide bonds. The smallest absolute Gasteiger partial charge is 0.309 e. The predicted octanol–water partition coefficient (Wildman–Crippen LogP) is 0.745. The molecule has 1 aliphatic carbocycles. The molecule has 0 aromatic carbocycles. The molecule has 14 heavy (non-hydrogen) atoms. The summed E-state index contributed by atoms with van der Waals surface area (Å²) in [5, 5.41) is 3.31. The molecule has 1 N–H and O–H groups in total. The van der Waals surface area contributed by atoms with Crippen LogP contribution in [0.1, 0.15) is 12.8 Å². The van der Waals surface area contributed by atoms with Crippen LogP contribution in [0.3, 0.4) is 0 Å². The first-order valence-electron chi connectivity index (χ1n) is 5.24. The maximum atomic E-state index is 11.8. The van der Waals surface area contributed by atoms with Gasteiger partial charge in [-0.2, -0.15) is 0 Å². The summed E-state index contributed by atoms with van der Waals surface area (Å²) in [6.45, 7) is 1.39.